The van der Waals surface area contributed by atoms with Crippen molar-refractivity contribution in [2.75, 3.05) is 13.2 Å². The van der Waals surface area contributed by atoms with Crippen molar-refractivity contribution in [1.82, 2.24) is 5.32 Å². The summed E-state index contributed by atoms with van der Waals surface area (Å²) in [7, 11) is 0. The minimum atomic E-state index is -0.955. The number of carbonyl (C=O) groups is 1. The lowest BCUT2D eigenvalue weighted by molar-refractivity contribution is -0.119. The SMILES string of the molecule is CCC(CO)(CO)NC(=O)/C=C/c1ccc(C(C)C)cc1. The van der Waals surface area contributed by atoms with Crippen LogP contribution in [0.2, 0.25) is 0 Å². The quantitative estimate of drug-likeness (QED) is 0.674. The maximum Gasteiger partial charge on any atom is 0.244 e. The number of nitrogens with one attached hydrogen (secondary N) is 1. The van der Waals surface area contributed by atoms with Gasteiger partial charge in [0.2, 0.25) is 5.91 Å². The van der Waals surface area contributed by atoms with Crippen LogP contribution in [0.3, 0.4) is 0 Å². The molecule has 0 aromatic heterocycles. The van der Waals surface area contributed by atoms with E-state index in [9.17, 15) is 15.0 Å². The summed E-state index contributed by atoms with van der Waals surface area (Å²) < 4.78 is 0. The molecule has 4 nitrogen and oxygen atoms in total. The van der Waals surface area contributed by atoms with E-state index in [0.29, 0.717) is 12.3 Å². The first-order valence-electron chi connectivity index (χ1n) is 7.28. The average molecular weight is 291 g/mol. The first-order chi connectivity index (χ1) is 9.96. The summed E-state index contributed by atoms with van der Waals surface area (Å²) in [6.07, 6.45) is 3.59. The third-order valence-electron chi connectivity index (χ3n) is 3.70. The minimum absolute atomic E-state index is 0.289. The number of benzene rings is 1. The van der Waals surface area contributed by atoms with Crippen molar-refractivity contribution in [2.45, 2.75) is 38.6 Å². The van der Waals surface area contributed by atoms with Gasteiger partial charge < -0.3 is 15.5 Å². The van der Waals surface area contributed by atoms with Gasteiger partial charge in [0.15, 0.2) is 0 Å². The van der Waals surface area contributed by atoms with Gasteiger partial charge in [-0.1, -0.05) is 45.0 Å². The van der Waals surface area contributed by atoms with Crippen LogP contribution in [-0.4, -0.2) is 34.9 Å². The molecular formula is C17H25NO3. The average Bonchev–Trinajstić information content (AvgIpc) is 2.51. The fourth-order valence-corrected chi connectivity index (χ4v) is 1.91. The molecule has 0 heterocycles. The number of hydrogen-bond acceptors (Lipinski definition) is 3. The molecule has 116 valence electrons. The van der Waals surface area contributed by atoms with Gasteiger partial charge in [0.1, 0.15) is 0 Å². The van der Waals surface area contributed by atoms with Gasteiger partial charge in [-0.2, -0.15) is 0 Å². The van der Waals surface area contributed by atoms with E-state index >= 15 is 0 Å². The van der Waals surface area contributed by atoms with E-state index in [1.165, 1.54) is 11.6 Å². The van der Waals surface area contributed by atoms with Crippen molar-refractivity contribution >= 4 is 12.0 Å². The number of amides is 1. The Morgan fingerprint density at radius 3 is 2.24 bits per heavy atom. The molecule has 3 N–H and O–H groups in total. The minimum Gasteiger partial charge on any atom is -0.394 e. The molecule has 0 saturated carbocycles. The normalized spacial score (nSPS) is 12.1. The summed E-state index contributed by atoms with van der Waals surface area (Å²) >= 11 is 0. The molecule has 0 atom stereocenters. The lowest BCUT2D eigenvalue weighted by Gasteiger charge is -2.29. The maximum absolute atomic E-state index is 11.9. The molecule has 0 saturated heterocycles. The molecule has 1 amide bonds. The largest absolute Gasteiger partial charge is 0.394 e. The van der Waals surface area contributed by atoms with Gasteiger partial charge in [-0.25, -0.2) is 0 Å². The second-order valence-corrected chi connectivity index (χ2v) is 5.59. The van der Waals surface area contributed by atoms with Gasteiger partial charge in [-0.05, 0) is 29.5 Å². The monoisotopic (exact) mass is 291 g/mol. The Labute approximate surface area is 126 Å². The van der Waals surface area contributed by atoms with E-state index in [1.807, 2.05) is 24.3 Å². The highest BCUT2D eigenvalue weighted by atomic mass is 16.3. The summed E-state index contributed by atoms with van der Waals surface area (Å²) in [5, 5.41) is 21.2. The smallest absolute Gasteiger partial charge is 0.244 e. The molecule has 1 rings (SSSR count). The lowest BCUT2D eigenvalue weighted by atomic mass is 9.98. The lowest BCUT2D eigenvalue weighted by Crippen LogP contribution is -2.53. The van der Waals surface area contributed by atoms with Crippen molar-refractivity contribution in [1.29, 1.82) is 0 Å². The molecule has 0 aliphatic rings. The first-order valence-corrected chi connectivity index (χ1v) is 7.28. The zero-order chi connectivity index (χ0) is 15.9. The number of aliphatic hydroxyl groups is 2. The van der Waals surface area contributed by atoms with Crippen LogP contribution in [0, 0.1) is 0 Å². The number of hydrogen-bond donors (Lipinski definition) is 3. The molecule has 0 unspecified atom stereocenters. The van der Waals surface area contributed by atoms with Gasteiger partial charge in [0.25, 0.3) is 0 Å². The third kappa shape index (κ3) is 4.99. The Morgan fingerprint density at radius 1 is 1.24 bits per heavy atom. The number of carbonyl (C=O) groups excluding carboxylic acids is 1. The predicted octanol–water partition coefficient (Wildman–Crippen LogP) is 2.07. The molecule has 1 aromatic rings. The molecule has 21 heavy (non-hydrogen) atoms. The van der Waals surface area contributed by atoms with Gasteiger partial charge >= 0.3 is 0 Å². The van der Waals surface area contributed by atoms with Crippen LogP contribution >= 0.6 is 0 Å². The summed E-state index contributed by atoms with van der Waals surface area (Å²) in [5.41, 5.74) is 1.23. The highest BCUT2D eigenvalue weighted by Gasteiger charge is 2.27. The van der Waals surface area contributed by atoms with E-state index in [2.05, 4.69) is 19.2 Å². The Kier molecular flexibility index (Phi) is 6.59. The highest BCUT2D eigenvalue weighted by Crippen LogP contribution is 2.15. The van der Waals surface area contributed by atoms with Gasteiger partial charge in [0, 0.05) is 6.08 Å². The standard InChI is InChI=1S/C17H25NO3/c1-4-17(11-19,12-20)18-16(21)10-7-14-5-8-15(9-6-14)13(2)3/h5-10,13,19-20H,4,11-12H2,1-3H3,(H,18,21)/b10-7+. The fraction of sp³-hybridized carbons (Fsp3) is 0.471. The maximum atomic E-state index is 11.9. The van der Waals surface area contributed by atoms with E-state index in [0.717, 1.165) is 5.56 Å². The first kappa shape index (κ1) is 17.4. The predicted molar refractivity (Wildman–Crippen MR) is 84.9 cm³/mol. The molecule has 0 spiro atoms. The molecule has 1 aromatic carbocycles. The summed E-state index contributed by atoms with van der Waals surface area (Å²) in [5.74, 6) is 0.151. The van der Waals surface area contributed by atoms with Gasteiger partial charge in [0.05, 0.1) is 18.8 Å². The van der Waals surface area contributed by atoms with Crippen LogP contribution in [0.15, 0.2) is 30.3 Å². The molecule has 0 radical (unpaired) electrons. The van der Waals surface area contributed by atoms with E-state index < -0.39 is 5.54 Å². The number of rotatable bonds is 7. The topological polar surface area (TPSA) is 69.6 Å². The van der Waals surface area contributed by atoms with Crippen LogP contribution in [0.1, 0.15) is 44.2 Å². The molecule has 4 heteroatoms. The van der Waals surface area contributed by atoms with Crippen LogP contribution in [-0.2, 0) is 4.79 Å². The molecule has 0 bridgehead atoms. The van der Waals surface area contributed by atoms with Crippen molar-refractivity contribution in [3.63, 3.8) is 0 Å². The Bertz CT molecular complexity index is 465. The summed E-state index contributed by atoms with van der Waals surface area (Å²) in [6, 6.07) is 8.01. The zero-order valence-corrected chi connectivity index (χ0v) is 13.0. The van der Waals surface area contributed by atoms with E-state index in [4.69, 9.17) is 0 Å². The third-order valence-corrected chi connectivity index (χ3v) is 3.70. The second-order valence-electron chi connectivity index (χ2n) is 5.59. The van der Waals surface area contributed by atoms with E-state index in [-0.39, 0.29) is 19.1 Å². The van der Waals surface area contributed by atoms with Crippen LogP contribution in [0.4, 0.5) is 0 Å². The van der Waals surface area contributed by atoms with Gasteiger partial charge in [-0.3, -0.25) is 4.79 Å². The zero-order valence-electron chi connectivity index (χ0n) is 13.0. The molecule has 0 aliphatic heterocycles. The summed E-state index contributed by atoms with van der Waals surface area (Å²) in [4.78, 5) is 11.9. The van der Waals surface area contributed by atoms with Crippen molar-refractivity contribution in [2.24, 2.45) is 0 Å². The van der Waals surface area contributed by atoms with E-state index in [1.54, 1.807) is 13.0 Å². The second kappa shape index (κ2) is 7.96. The molecule has 0 aliphatic carbocycles. The van der Waals surface area contributed by atoms with Crippen LogP contribution in [0.5, 0.6) is 0 Å². The van der Waals surface area contributed by atoms with Crippen LogP contribution in [0.25, 0.3) is 6.08 Å². The Balaban J connectivity index is 2.69. The van der Waals surface area contributed by atoms with Crippen molar-refractivity contribution in [3.8, 4) is 0 Å². The summed E-state index contributed by atoms with van der Waals surface area (Å²) in [6.45, 7) is 5.49. The Morgan fingerprint density at radius 2 is 1.81 bits per heavy atom. The van der Waals surface area contributed by atoms with Crippen LogP contribution < -0.4 is 5.32 Å². The highest BCUT2D eigenvalue weighted by molar-refractivity contribution is 5.92. The van der Waals surface area contributed by atoms with Crippen molar-refractivity contribution < 1.29 is 15.0 Å². The molecule has 0 fully saturated rings. The van der Waals surface area contributed by atoms with Gasteiger partial charge in [-0.15, -0.1) is 0 Å². The molecular weight excluding hydrogens is 266 g/mol. The fourth-order valence-electron chi connectivity index (χ4n) is 1.91. The van der Waals surface area contributed by atoms with Crippen molar-refractivity contribution in [3.05, 3.63) is 41.5 Å². The Hall–Kier alpha value is -1.65. The number of aliphatic hydroxyl groups excluding tert-OH is 2.